The first kappa shape index (κ1) is 12.7. The summed E-state index contributed by atoms with van der Waals surface area (Å²) in [5, 5.41) is 4.98. The van der Waals surface area contributed by atoms with E-state index in [1.165, 1.54) is 22.0 Å². The number of hydrogen-bond donors (Lipinski definition) is 0. The summed E-state index contributed by atoms with van der Waals surface area (Å²) in [4.78, 5) is 17.0. The Morgan fingerprint density at radius 1 is 1.26 bits per heavy atom. The first-order valence-corrected chi connectivity index (χ1v) is 7.93. The van der Waals surface area contributed by atoms with E-state index in [1.807, 2.05) is 6.26 Å². The van der Waals surface area contributed by atoms with Gasteiger partial charge in [-0.25, -0.2) is 0 Å². The van der Waals surface area contributed by atoms with Gasteiger partial charge in [0.1, 0.15) is 0 Å². The molecule has 5 nitrogen and oxygen atoms in total. The van der Waals surface area contributed by atoms with Crippen molar-refractivity contribution in [2.24, 2.45) is 0 Å². The third-order valence-electron chi connectivity index (χ3n) is 3.67. The van der Waals surface area contributed by atoms with Gasteiger partial charge in [0.2, 0.25) is 10.9 Å². The maximum atomic E-state index is 12.5. The first-order valence-electron chi connectivity index (χ1n) is 6.70. The Labute approximate surface area is 116 Å². The summed E-state index contributed by atoms with van der Waals surface area (Å²) >= 11 is 1.47. The molecule has 0 aliphatic heterocycles. The predicted octanol–water partition coefficient (Wildman–Crippen LogP) is 2.07. The zero-order valence-electron chi connectivity index (χ0n) is 11.5. The van der Waals surface area contributed by atoms with Crippen molar-refractivity contribution in [1.29, 1.82) is 0 Å². The standard InChI is InChI=1S/C13H18N4OS/c1-8(2)16-10-7-5-4-6-9(10)11(18)17-13(16)14-12(15-17)19-3/h8H,4-7H2,1-3H3. The fourth-order valence-corrected chi connectivity index (χ4v) is 3.18. The van der Waals surface area contributed by atoms with Crippen LogP contribution in [0, 0.1) is 0 Å². The van der Waals surface area contributed by atoms with Gasteiger partial charge in [-0.05, 0) is 45.8 Å². The van der Waals surface area contributed by atoms with Crippen LogP contribution in [0.3, 0.4) is 0 Å². The van der Waals surface area contributed by atoms with Crippen LogP contribution in [0.15, 0.2) is 9.95 Å². The van der Waals surface area contributed by atoms with Crippen LogP contribution < -0.4 is 5.56 Å². The summed E-state index contributed by atoms with van der Waals surface area (Å²) in [5.74, 6) is 0.685. The molecule has 2 aromatic rings. The van der Waals surface area contributed by atoms with E-state index in [0.29, 0.717) is 10.9 Å². The Morgan fingerprint density at radius 3 is 2.68 bits per heavy atom. The lowest BCUT2D eigenvalue weighted by molar-refractivity contribution is 0.526. The third kappa shape index (κ3) is 1.89. The van der Waals surface area contributed by atoms with Crippen LogP contribution in [0.25, 0.3) is 5.78 Å². The molecule has 19 heavy (non-hydrogen) atoms. The second kappa shape index (κ2) is 4.67. The van der Waals surface area contributed by atoms with Crippen LogP contribution in [0.4, 0.5) is 0 Å². The number of aromatic nitrogens is 4. The van der Waals surface area contributed by atoms with Crippen LogP contribution in [0.1, 0.15) is 44.0 Å². The van der Waals surface area contributed by atoms with Crippen LogP contribution in [-0.2, 0) is 12.8 Å². The third-order valence-corrected chi connectivity index (χ3v) is 4.20. The Morgan fingerprint density at radius 2 is 2.00 bits per heavy atom. The second-order valence-electron chi connectivity index (χ2n) is 5.21. The first-order chi connectivity index (χ1) is 9.13. The fourth-order valence-electron chi connectivity index (χ4n) is 2.84. The van der Waals surface area contributed by atoms with E-state index in [-0.39, 0.29) is 11.6 Å². The molecular weight excluding hydrogens is 260 g/mol. The predicted molar refractivity (Wildman–Crippen MR) is 76.1 cm³/mol. The van der Waals surface area contributed by atoms with Gasteiger partial charge in [-0.3, -0.25) is 4.79 Å². The second-order valence-corrected chi connectivity index (χ2v) is 5.98. The maximum Gasteiger partial charge on any atom is 0.279 e. The Balaban J connectivity index is 2.43. The SMILES string of the molecule is CSc1nc2n(C(C)C)c3c(c(=O)n2n1)CCCC3. The number of thioether (sulfide) groups is 1. The molecule has 0 radical (unpaired) electrons. The van der Waals surface area contributed by atoms with Crippen LogP contribution in [0.5, 0.6) is 0 Å². The highest BCUT2D eigenvalue weighted by atomic mass is 32.2. The molecule has 2 aromatic heterocycles. The molecule has 0 unspecified atom stereocenters. The summed E-state index contributed by atoms with van der Waals surface area (Å²) in [6.45, 7) is 4.26. The molecule has 0 spiro atoms. The van der Waals surface area contributed by atoms with E-state index in [1.54, 1.807) is 0 Å². The largest absolute Gasteiger partial charge is 0.311 e. The van der Waals surface area contributed by atoms with Crippen molar-refractivity contribution in [3.8, 4) is 0 Å². The number of rotatable bonds is 2. The fraction of sp³-hybridized carbons (Fsp3) is 0.615. The molecule has 0 saturated heterocycles. The highest BCUT2D eigenvalue weighted by Crippen LogP contribution is 2.24. The highest BCUT2D eigenvalue weighted by Gasteiger charge is 2.23. The molecule has 0 saturated carbocycles. The average molecular weight is 278 g/mol. The van der Waals surface area contributed by atoms with Crippen molar-refractivity contribution in [2.45, 2.75) is 50.7 Å². The quantitative estimate of drug-likeness (QED) is 0.789. The number of fused-ring (bicyclic) bond motifs is 2. The monoisotopic (exact) mass is 278 g/mol. The maximum absolute atomic E-state index is 12.5. The lowest BCUT2D eigenvalue weighted by atomic mass is 9.96. The van der Waals surface area contributed by atoms with Gasteiger partial charge in [-0.1, -0.05) is 11.8 Å². The number of hydrogen-bond acceptors (Lipinski definition) is 4. The Kier molecular flexibility index (Phi) is 3.12. The van der Waals surface area contributed by atoms with E-state index in [2.05, 4.69) is 28.5 Å². The van der Waals surface area contributed by atoms with Crippen molar-refractivity contribution in [1.82, 2.24) is 19.2 Å². The topological polar surface area (TPSA) is 52.2 Å². The van der Waals surface area contributed by atoms with Gasteiger partial charge in [0.05, 0.1) is 0 Å². The Bertz CT molecular complexity index is 686. The zero-order chi connectivity index (χ0) is 13.6. The minimum absolute atomic E-state index is 0.0226. The summed E-state index contributed by atoms with van der Waals surface area (Å²) in [6.07, 6.45) is 6.01. The molecule has 0 N–H and O–H groups in total. The molecule has 0 bridgehead atoms. The molecule has 0 fully saturated rings. The Hall–Kier alpha value is -1.30. The molecule has 1 aliphatic rings. The van der Waals surface area contributed by atoms with E-state index in [0.717, 1.165) is 31.2 Å². The molecule has 2 heterocycles. The summed E-state index contributed by atoms with van der Waals surface area (Å²) in [5.41, 5.74) is 2.12. The molecule has 0 aromatic carbocycles. The molecule has 102 valence electrons. The number of nitrogens with zero attached hydrogens (tertiary/aromatic N) is 4. The zero-order valence-corrected chi connectivity index (χ0v) is 12.3. The summed E-state index contributed by atoms with van der Waals surface area (Å²) in [6, 6.07) is 0.286. The van der Waals surface area contributed by atoms with Gasteiger partial charge < -0.3 is 4.57 Å². The summed E-state index contributed by atoms with van der Waals surface area (Å²) in [7, 11) is 0. The lowest BCUT2D eigenvalue weighted by Crippen LogP contribution is -2.30. The van der Waals surface area contributed by atoms with Crippen LogP contribution in [-0.4, -0.2) is 25.4 Å². The molecule has 3 rings (SSSR count). The van der Waals surface area contributed by atoms with Crippen LogP contribution in [0.2, 0.25) is 0 Å². The molecular formula is C13H18N4OS. The van der Waals surface area contributed by atoms with Gasteiger partial charge >= 0.3 is 0 Å². The molecule has 1 aliphatic carbocycles. The van der Waals surface area contributed by atoms with Crippen molar-refractivity contribution in [3.63, 3.8) is 0 Å². The normalized spacial score (nSPS) is 15.2. The lowest BCUT2D eigenvalue weighted by Gasteiger charge is -2.23. The van der Waals surface area contributed by atoms with Gasteiger partial charge in [-0.2, -0.15) is 9.50 Å². The summed E-state index contributed by atoms with van der Waals surface area (Å²) < 4.78 is 3.67. The van der Waals surface area contributed by atoms with Gasteiger partial charge in [0.25, 0.3) is 5.56 Å². The molecule has 0 amide bonds. The smallest absolute Gasteiger partial charge is 0.279 e. The minimum atomic E-state index is 0.0226. The average Bonchev–Trinajstić information content (AvgIpc) is 2.83. The van der Waals surface area contributed by atoms with Crippen LogP contribution >= 0.6 is 11.8 Å². The van der Waals surface area contributed by atoms with Crippen molar-refractivity contribution in [2.75, 3.05) is 6.26 Å². The van der Waals surface area contributed by atoms with E-state index < -0.39 is 0 Å². The van der Waals surface area contributed by atoms with E-state index >= 15 is 0 Å². The van der Waals surface area contributed by atoms with Gasteiger partial charge in [-0.15, -0.1) is 5.10 Å². The molecule has 6 heteroatoms. The van der Waals surface area contributed by atoms with Crippen molar-refractivity contribution in [3.05, 3.63) is 21.6 Å². The highest BCUT2D eigenvalue weighted by molar-refractivity contribution is 7.98. The minimum Gasteiger partial charge on any atom is -0.311 e. The van der Waals surface area contributed by atoms with Crippen molar-refractivity contribution >= 4 is 17.5 Å². The van der Waals surface area contributed by atoms with E-state index in [4.69, 9.17) is 0 Å². The molecule has 0 atom stereocenters. The van der Waals surface area contributed by atoms with Gasteiger partial charge in [0, 0.05) is 17.3 Å². The van der Waals surface area contributed by atoms with Gasteiger partial charge in [0.15, 0.2) is 0 Å². The van der Waals surface area contributed by atoms with Crippen molar-refractivity contribution < 1.29 is 0 Å². The van der Waals surface area contributed by atoms with E-state index in [9.17, 15) is 4.79 Å².